The van der Waals surface area contributed by atoms with Crippen molar-refractivity contribution in [3.05, 3.63) is 72.4 Å². The molecule has 3 aromatic rings. The van der Waals surface area contributed by atoms with Crippen LogP contribution in [0.2, 0.25) is 0 Å². The van der Waals surface area contributed by atoms with Crippen LogP contribution < -0.4 is 20.3 Å². The summed E-state index contributed by atoms with van der Waals surface area (Å²) in [6.45, 7) is 4.97. The molecular weight excluding hydrogens is 511 g/mol. The second kappa shape index (κ2) is 10.9. The van der Waals surface area contributed by atoms with E-state index in [0.717, 1.165) is 47.5 Å². The molecule has 3 aromatic carbocycles. The van der Waals surface area contributed by atoms with E-state index in [-0.39, 0.29) is 17.6 Å². The monoisotopic (exact) mass is 539 g/mol. The highest BCUT2D eigenvalue weighted by molar-refractivity contribution is 6.10. The lowest BCUT2D eigenvalue weighted by Gasteiger charge is -2.35. The van der Waals surface area contributed by atoms with Gasteiger partial charge in [0.1, 0.15) is 17.8 Å². The molecule has 0 bridgehead atoms. The second-order valence-corrected chi connectivity index (χ2v) is 9.11. The number of methoxy groups -OCH3 is 1. The number of hydrogen-bond donors (Lipinski definition) is 2. The summed E-state index contributed by atoms with van der Waals surface area (Å²) in [5, 5.41) is 6.90. The Morgan fingerprint density at radius 2 is 1.74 bits per heavy atom. The normalized spacial score (nSPS) is 17.7. The highest BCUT2D eigenvalue weighted by Gasteiger charge is 2.31. The van der Waals surface area contributed by atoms with E-state index in [1.807, 2.05) is 49.5 Å². The highest BCUT2D eigenvalue weighted by Crippen LogP contribution is 2.36. The van der Waals surface area contributed by atoms with E-state index in [4.69, 9.17) is 14.5 Å². The quantitative estimate of drug-likeness (QED) is 0.430. The number of alkyl halides is 3. The summed E-state index contributed by atoms with van der Waals surface area (Å²) in [5.41, 5.74) is 0.428. The van der Waals surface area contributed by atoms with Crippen molar-refractivity contribution in [2.75, 3.05) is 48.9 Å². The van der Waals surface area contributed by atoms with E-state index in [1.54, 1.807) is 6.07 Å². The molecule has 0 aromatic heterocycles. The molecule has 204 valence electrons. The van der Waals surface area contributed by atoms with Gasteiger partial charge in [0.2, 0.25) is 0 Å². The number of carbonyl (C=O) groups is 1. The zero-order chi connectivity index (χ0) is 27.6. The molecule has 1 saturated heterocycles. The lowest BCUT2D eigenvalue weighted by atomic mass is 10.1. The van der Waals surface area contributed by atoms with Crippen LogP contribution in [0.5, 0.6) is 5.75 Å². The van der Waals surface area contributed by atoms with Gasteiger partial charge in [-0.15, -0.1) is 0 Å². The molecule has 2 aliphatic rings. The number of rotatable bonds is 4. The van der Waals surface area contributed by atoms with Crippen LogP contribution in [0.1, 0.15) is 12.5 Å². The number of nitrogens with one attached hydrogen (secondary N) is 2. The van der Waals surface area contributed by atoms with Crippen LogP contribution in [0.4, 0.5) is 35.0 Å². The predicted molar refractivity (Wildman–Crippen MR) is 145 cm³/mol. The fourth-order valence-electron chi connectivity index (χ4n) is 4.70. The lowest BCUT2D eigenvalue weighted by Crippen LogP contribution is -2.43. The number of amides is 2. The highest BCUT2D eigenvalue weighted by atomic mass is 19.4. The smallest absolute Gasteiger partial charge is 0.416 e. The molecule has 2 amide bonds. The van der Waals surface area contributed by atoms with Crippen LogP contribution in [0, 0.1) is 0 Å². The van der Waals surface area contributed by atoms with E-state index in [2.05, 4.69) is 20.4 Å². The fraction of sp³-hybridized carbons (Fsp3) is 0.286. The van der Waals surface area contributed by atoms with Crippen molar-refractivity contribution >= 4 is 39.7 Å². The molecule has 0 saturated carbocycles. The summed E-state index contributed by atoms with van der Waals surface area (Å²) in [6, 6.07) is 13.5. The number of urea groups is 1. The Morgan fingerprint density at radius 1 is 1.03 bits per heavy atom. The van der Waals surface area contributed by atoms with E-state index in [0.29, 0.717) is 18.9 Å². The first-order valence-corrected chi connectivity index (χ1v) is 12.5. The van der Waals surface area contributed by atoms with Gasteiger partial charge in [-0.25, -0.2) is 9.79 Å². The molecule has 0 spiro atoms. The number of aliphatic imine (C=N–C) groups is 1. The molecule has 1 unspecified atom stereocenters. The Balaban J connectivity index is 1.38. The van der Waals surface area contributed by atoms with Gasteiger partial charge in [-0.3, -0.25) is 0 Å². The summed E-state index contributed by atoms with van der Waals surface area (Å²) in [5.74, 6) is 1.03. The van der Waals surface area contributed by atoms with E-state index < -0.39 is 17.8 Å². The molecular formula is C28H28F3N5O3. The fourth-order valence-corrected chi connectivity index (χ4v) is 4.70. The Hall–Kier alpha value is -4.25. The Morgan fingerprint density at radius 3 is 2.44 bits per heavy atom. The minimum atomic E-state index is -4.56. The maximum Gasteiger partial charge on any atom is 0.416 e. The van der Waals surface area contributed by atoms with Crippen LogP contribution >= 0.6 is 0 Å². The Labute approximate surface area is 223 Å². The van der Waals surface area contributed by atoms with Crippen molar-refractivity contribution in [3.8, 4) is 5.75 Å². The van der Waals surface area contributed by atoms with Crippen LogP contribution in [-0.2, 0) is 10.9 Å². The molecule has 0 aliphatic carbocycles. The van der Waals surface area contributed by atoms with Crippen molar-refractivity contribution in [2.45, 2.75) is 19.3 Å². The van der Waals surface area contributed by atoms with Gasteiger partial charge in [-0.2, -0.15) is 13.2 Å². The summed E-state index contributed by atoms with van der Waals surface area (Å²) in [7, 11) is 1.32. The Kier molecular flexibility index (Phi) is 7.34. The van der Waals surface area contributed by atoms with Gasteiger partial charge in [-0.1, -0.05) is 24.3 Å². The van der Waals surface area contributed by atoms with Gasteiger partial charge in [-0.05, 0) is 43.3 Å². The predicted octanol–water partition coefficient (Wildman–Crippen LogP) is 5.92. The minimum Gasteiger partial charge on any atom is -0.495 e. The van der Waals surface area contributed by atoms with E-state index in [9.17, 15) is 18.0 Å². The van der Waals surface area contributed by atoms with Crippen molar-refractivity contribution < 1.29 is 27.4 Å². The number of amidine groups is 1. The topological polar surface area (TPSA) is 78.4 Å². The molecule has 1 fully saturated rings. The molecule has 2 aliphatic heterocycles. The maximum absolute atomic E-state index is 13.2. The zero-order valence-electron chi connectivity index (χ0n) is 21.5. The Bertz CT molecular complexity index is 1430. The SMILES string of the molecule is COc1ccc(C(F)(F)F)cc1NC(=O)Nc1ccc(N2C=CC(N3CCOCC3)=NC2C)c2ccccc12. The van der Waals surface area contributed by atoms with Crippen molar-refractivity contribution in [1.29, 1.82) is 0 Å². The third-order valence-corrected chi connectivity index (χ3v) is 6.64. The van der Waals surface area contributed by atoms with Gasteiger partial charge < -0.3 is 29.9 Å². The van der Waals surface area contributed by atoms with Crippen LogP contribution in [0.25, 0.3) is 10.8 Å². The zero-order valence-corrected chi connectivity index (χ0v) is 21.5. The molecule has 0 radical (unpaired) electrons. The van der Waals surface area contributed by atoms with E-state index >= 15 is 0 Å². The van der Waals surface area contributed by atoms with Crippen molar-refractivity contribution in [1.82, 2.24) is 4.90 Å². The largest absolute Gasteiger partial charge is 0.495 e. The number of hydrogen-bond acceptors (Lipinski definition) is 6. The van der Waals surface area contributed by atoms with E-state index in [1.165, 1.54) is 13.2 Å². The van der Waals surface area contributed by atoms with Gasteiger partial charge in [0.15, 0.2) is 0 Å². The third kappa shape index (κ3) is 5.63. The van der Waals surface area contributed by atoms with Crippen LogP contribution in [-0.4, -0.2) is 56.3 Å². The third-order valence-electron chi connectivity index (χ3n) is 6.64. The molecule has 2 heterocycles. The number of benzene rings is 3. The van der Waals surface area contributed by atoms with Crippen molar-refractivity contribution in [2.24, 2.45) is 4.99 Å². The number of ether oxygens (including phenoxy) is 2. The number of carbonyl (C=O) groups excluding carboxylic acids is 1. The molecule has 39 heavy (non-hydrogen) atoms. The van der Waals surface area contributed by atoms with Gasteiger partial charge in [0, 0.05) is 30.1 Å². The number of fused-ring (bicyclic) bond motifs is 1. The summed E-state index contributed by atoms with van der Waals surface area (Å²) < 4.78 is 50.2. The second-order valence-electron chi connectivity index (χ2n) is 9.11. The van der Waals surface area contributed by atoms with Gasteiger partial charge in [0.05, 0.1) is 42.9 Å². The number of nitrogens with zero attached hydrogens (tertiary/aromatic N) is 3. The average Bonchev–Trinajstić information content (AvgIpc) is 2.93. The number of anilines is 3. The standard InChI is InChI=1S/C28H28F3N5O3/c1-18-32-26(35-13-15-39-16-14-35)11-12-36(18)24-9-8-22(20-5-3-4-6-21(20)24)33-27(37)34-23-17-19(28(29,30)31)7-10-25(23)38-2/h3-12,17-18H,13-16H2,1-2H3,(H2,33,34,37). The molecule has 2 N–H and O–H groups in total. The molecule has 1 atom stereocenters. The van der Waals surface area contributed by atoms with Crippen molar-refractivity contribution in [3.63, 3.8) is 0 Å². The van der Waals surface area contributed by atoms with Gasteiger partial charge >= 0.3 is 12.2 Å². The number of morpholine rings is 1. The summed E-state index contributed by atoms with van der Waals surface area (Å²) in [6.07, 6.45) is -0.726. The summed E-state index contributed by atoms with van der Waals surface area (Å²) >= 11 is 0. The summed E-state index contributed by atoms with van der Waals surface area (Å²) in [4.78, 5) is 22.0. The van der Waals surface area contributed by atoms with Crippen LogP contribution in [0.15, 0.2) is 71.9 Å². The first-order valence-electron chi connectivity index (χ1n) is 12.5. The first-order chi connectivity index (χ1) is 18.7. The average molecular weight is 540 g/mol. The molecule has 11 heteroatoms. The maximum atomic E-state index is 13.2. The molecule has 8 nitrogen and oxygen atoms in total. The first kappa shape index (κ1) is 26.4. The van der Waals surface area contributed by atoms with Gasteiger partial charge in [0.25, 0.3) is 0 Å². The minimum absolute atomic E-state index is 0.0908. The van der Waals surface area contributed by atoms with Crippen LogP contribution in [0.3, 0.4) is 0 Å². The number of halogens is 3. The lowest BCUT2D eigenvalue weighted by molar-refractivity contribution is -0.137. The molecule has 5 rings (SSSR count).